The van der Waals surface area contributed by atoms with E-state index in [1.54, 1.807) is 18.2 Å². The third kappa shape index (κ3) is 3.27. The lowest BCUT2D eigenvalue weighted by Gasteiger charge is -2.17. The first-order valence-electron chi connectivity index (χ1n) is 10.9. The van der Waals surface area contributed by atoms with Crippen molar-refractivity contribution >= 4 is 34.2 Å². The molecule has 2 aliphatic rings. The van der Waals surface area contributed by atoms with Crippen LogP contribution in [0.1, 0.15) is 0 Å². The van der Waals surface area contributed by atoms with Crippen molar-refractivity contribution in [3.8, 4) is 50.5 Å². The van der Waals surface area contributed by atoms with E-state index in [9.17, 15) is 5.11 Å². The van der Waals surface area contributed by atoms with Crippen LogP contribution in [0.3, 0.4) is 0 Å². The molecule has 4 heteroatoms. The van der Waals surface area contributed by atoms with Crippen LogP contribution < -0.4 is 0 Å². The molecule has 164 valence electrons. The van der Waals surface area contributed by atoms with Gasteiger partial charge < -0.3 is 9.52 Å². The van der Waals surface area contributed by atoms with Crippen molar-refractivity contribution in [2.75, 3.05) is 0 Å². The number of hydrogen-bond donors (Lipinski definition) is 1. The molecule has 1 heterocycles. The van der Waals surface area contributed by atoms with Gasteiger partial charge in [0.05, 0.1) is 10.0 Å². The van der Waals surface area contributed by atoms with E-state index in [1.807, 2.05) is 66.7 Å². The number of fused-ring (bicyclic) bond motifs is 3. The fourth-order valence-electron chi connectivity index (χ4n) is 4.66. The summed E-state index contributed by atoms with van der Waals surface area (Å²) in [5.74, 6) is 0.850. The highest BCUT2D eigenvalue weighted by Gasteiger charge is 2.29. The van der Waals surface area contributed by atoms with E-state index in [0.717, 1.165) is 44.5 Å². The first-order valence-corrected chi connectivity index (χ1v) is 11.7. The van der Waals surface area contributed by atoms with Gasteiger partial charge in [0.15, 0.2) is 0 Å². The van der Waals surface area contributed by atoms with Crippen LogP contribution >= 0.6 is 23.2 Å². The van der Waals surface area contributed by atoms with Crippen LogP contribution in [0.5, 0.6) is 5.75 Å². The van der Waals surface area contributed by atoms with Gasteiger partial charge in [0.1, 0.15) is 17.1 Å². The molecule has 0 amide bonds. The molecule has 0 atom stereocenters. The van der Waals surface area contributed by atoms with E-state index in [2.05, 4.69) is 18.2 Å². The van der Waals surface area contributed by atoms with Crippen molar-refractivity contribution in [2.45, 2.75) is 0 Å². The van der Waals surface area contributed by atoms with Gasteiger partial charge in [0.25, 0.3) is 0 Å². The molecular formula is C30H18Cl2O2. The third-order valence-corrected chi connectivity index (χ3v) is 6.75. The first kappa shape index (κ1) is 20.9. The summed E-state index contributed by atoms with van der Waals surface area (Å²) in [5.41, 5.74) is 6.83. The smallest absolute Gasteiger partial charge is 0.143 e. The topological polar surface area (TPSA) is 33.4 Å². The van der Waals surface area contributed by atoms with E-state index >= 15 is 0 Å². The minimum Gasteiger partial charge on any atom is -0.507 e. The summed E-state index contributed by atoms with van der Waals surface area (Å²) in [6.07, 6.45) is 0. The molecule has 0 bridgehead atoms. The SMILES string of the molecule is Oc1cccc(Cl)c1-c1cc(-c2ccccc2)c2c(-c3ccccc3)oc3cccc(Cl)c3c1-2. The van der Waals surface area contributed by atoms with Crippen molar-refractivity contribution in [2.24, 2.45) is 0 Å². The molecule has 0 spiro atoms. The molecule has 0 saturated carbocycles. The number of halogens is 2. The molecule has 1 N–H and O–H groups in total. The van der Waals surface area contributed by atoms with Crippen LogP contribution in [-0.2, 0) is 0 Å². The minimum atomic E-state index is 0.112. The molecule has 0 radical (unpaired) electrons. The van der Waals surface area contributed by atoms with Crippen LogP contribution in [0.15, 0.2) is 108 Å². The highest BCUT2D eigenvalue weighted by atomic mass is 35.5. The van der Waals surface area contributed by atoms with Crippen LogP contribution in [0.2, 0.25) is 10.0 Å². The Balaban J connectivity index is 1.85. The largest absolute Gasteiger partial charge is 0.507 e. The van der Waals surface area contributed by atoms with Crippen LogP contribution in [0, 0.1) is 0 Å². The predicted molar refractivity (Wildman–Crippen MR) is 141 cm³/mol. The maximum absolute atomic E-state index is 10.9. The molecule has 4 aromatic rings. The molecule has 0 aromatic heterocycles. The molecule has 0 fully saturated rings. The Morgan fingerprint density at radius 1 is 0.559 bits per heavy atom. The molecule has 0 saturated heterocycles. The Bertz CT molecular complexity index is 1600. The van der Waals surface area contributed by atoms with Gasteiger partial charge in [0, 0.05) is 27.6 Å². The van der Waals surface area contributed by atoms with Crippen molar-refractivity contribution in [1.29, 1.82) is 0 Å². The van der Waals surface area contributed by atoms with Crippen molar-refractivity contribution in [3.05, 3.63) is 113 Å². The molecule has 6 rings (SSSR count). The lowest BCUT2D eigenvalue weighted by atomic mass is 9.92. The normalized spacial score (nSPS) is 11.4. The van der Waals surface area contributed by atoms with E-state index in [1.165, 1.54) is 0 Å². The Kier molecular flexibility index (Phi) is 5.06. The van der Waals surface area contributed by atoms with Gasteiger partial charge in [-0.2, -0.15) is 0 Å². The van der Waals surface area contributed by atoms with Gasteiger partial charge >= 0.3 is 0 Å². The Labute approximate surface area is 207 Å². The Morgan fingerprint density at radius 3 is 1.91 bits per heavy atom. The van der Waals surface area contributed by atoms with Gasteiger partial charge in [-0.05, 0) is 47.0 Å². The summed E-state index contributed by atoms with van der Waals surface area (Å²) in [5, 5.41) is 12.7. The third-order valence-electron chi connectivity index (χ3n) is 6.12. The molecule has 2 nitrogen and oxygen atoms in total. The summed E-state index contributed by atoms with van der Waals surface area (Å²) in [6.45, 7) is 0. The molecule has 0 unspecified atom stereocenters. The summed E-state index contributed by atoms with van der Waals surface area (Å²) in [4.78, 5) is 0. The van der Waals surface area contributed by atoms with E-state index in [0.29, 0.717) is 21.2 Å². The quantitative estimate of drug-likeness (QED) is 0.273. The highest BCUT2D eigenvalue weighted by Crippen LogP contribution is 2.55. The second-order valence-corrected chi connectivity index (χ2v) is 8.95. The summed E-state index contributed by atoms with van der Waals surface area (Å²) < 4.78 is 6.53. The zero-order chi connectivity index (χ0) is 23.2. The van der Waals surface area contributed by atoms with Gasteiger partial charge in [-0.25, -0.2) is 0 Å². The fraction of sp³-hybridized carbons (Fsp3) is 0. The monoisotopic (exact) mass is 480 g/mol. The minimum absolute atomic E-state index is 0.112. The second-order valence-electron chi connectivity index (χ2n) is 8.13. The van der Waals surface area contributed by atoms with Crippen molar-refractivity contribution < 1.29 is 9.52 Å². The summed E-state index contributed by atoms with van der Waals surface area (Å²) in [6, 6.07) is 33.1. The van der Waals surface area contributed by atoms with E-state index < -0.39 is 0 Å². The van der Waals surface area contributed by atoms with Gasteiger partial charge in [-0.1, -0.05) is 96.0 Å². The van der Waals surface area contributed by atoms with Gasteiger partial charge in [-0.15, -0.1) is 0 Å². The number of benzene rings is 4. The van der Waals surface area contributed by atoms with Gasteiger partial charge in [0.2, 0.25) is 0 Å². The lowest BCUT2D eigenvalue weighted by molar-refractivity contribution is 0.477. The Hall–Kier alpha value is -3.72. The lowest BCUT2D eigenvalue weighted by Crippen LogP contribution is -1.91. The molecule has 4 aromatic carbocycles. The van der Waals surface area contributed by atoms with E-state index in [4.69, 9.17) is 27.6 Å². The first-order chi connectivity index (χ1) is 16.6. The highest BCUT2D eigenvalue weighted by molar-refractivity contribution is 6.38. The summed E-state index contributed by atoms with van der Waals surface area (Å²) >= 11 is 13.4. The fourth-order valence-corrected chi connectivity index (χ4v) is 5.19. The van der Waals surface area contributed by atoms with Crippen molar-refractivity contribution in [1.82, 2.24) is 0 Å². The summed E-state index contributed by atoms with van der Waals surface area (Å²) in [7, 11) is 0. The zero-order valence-electron chi connectivity index (χ0n) is 17.9. The van der Waals surface area contributed by atoms with Crippen LogP contribution in [0.4, 0.5) is 0 Å². The average Bonchev–Trinajstić information content (AvgIpc) is 3.25. The van der Waals surface area contributed by atoms with Crippen LogP contribution in [0.25, 0.3) is 55.7 Å². The number of rotatable bonds is 3. The molecule has 1 aliphatic carbocycles. The van der Waals surface area contributed by atoms with Gasteiger partial charge in [-0.3, -0.25) is 0 Å². The zero-order valence-corrected chi connectivity index (χ0v) is 19.4. The molecule has 1 aliphatic heterocycles. The van der Waals surface area contributed by atoms with Crippen LogP contribution in [-0.4, -0.2) is 5.11 Å². The number of phenolic OH excluding ortho intramolecular Hbond substituents is 1. The van der Waals surface area contributed by atoms with Crippen molar-refractivity contribution in [3.63, 3.8) is 0 Å². The predicted octanol–water partition coefficient (Wildman–Crippen LogP) is 9.55. The number of phenols is 1. The Morgan fingerprint density at radius 2 is 1.21 bits per heavy atom. The average molecular weight is 481 g/mol. The van der Waals surface area contributed by atoms with E-state index in [-0.39, 0.29) is 5.75 Å². The standard InChI is InChI=1S/C30H18Cl2O2/c31-22-13-7-15-24(33)26(22)21-17-20(18-9-3-1-4-10-18)28-27(21)29-23(32)14-8-16-25(29)34-30(28)19-11-5-2-6-12-19/h1-17,33H. The second kappa shape index (κ2) is 8.25. The number of aromatic hydroxyl groups is 1. The molecular weight excluding hydrogens is 463 g/mol. The molecule has 34 heavy (non-hydrogen) atoms. The maximum atomic E-state index is 10.9. The maximum Gasteiger partial charge on any atom is 0.143 e. The number of hydrogen-bond acceptors (Lipinski definition) is 2.